The van der Waals surface area contributed by atoms with Crippen molar-refractivity contribution < 1.29 is 4.79 Å². The van der Waals surface area contributed by atoms with Gasteiger partial charge in [-0.3, -0.25) is 9.69 Å². The van der Waals surface area contributed by atoms with Crippen LogP contribution in [-0.2, 0) is 4.79 Å². The highest BCUT2D eigenvalue weighted by Crippen LogP contribution is 2.19. The van der Waals surface area contributed by atoms with E-state index in [-0.39, 0.29) is 0 Å². The predicted octanol–water partition coefficient (Wildman–Crippen LogP) is 2.79. The van der Waals surface area contributed by atoms with Crippen molar-refractivity contribution in [3.63, 3.8) is 0 Å². The molecule has 0 N–H and O–H groups in total. The van der Waals surface area contributed by atoms with Crippen LogP contribution in [-0.4, -0.2) is 29.8 Å². The third-order valence-corrected chi connectivity index (χ3v) is 3.01. The van der Waals surface area contributed by atoms with Crippen molar-refractivity contribution in [2.24, 2.45) is 0 Å². The topological polar surface area (TPSA) is 20.3 Å². The average Bonchev–Trinajstić information content (AvgIpc) is 2.15. The van der Waals surface area contributed by atoms with Crippen molar-refractivity contribution in [1.82, 2.24) is 4.90 Å². The lowest BCUT2D eigenvalue weighted by molar-refractivity contribution is -0.118. The van der Waals surface area contributed by atoms with E-state index >= 15 is 0 Å². The Balaban J connectivity index is 2.49. The minimum absolute atomic E-state index is 0.323. The standard InChI is InChI=1S/C13H23NO/c1-11(2)7-9-14-8-5-4-6-13(14)10-12(3)15/h7,13H,4-6,8-10H2,1-3H3. The molecule has 0 amide bonds. The van der Waals surface area contributed by atoms with E-state index in [9.17, 15) is 4.79 Å². The maximum atomic E-state index is 11.2. The predicted molar refractivity (Wildman–Crippen MR) is 63.9 cm³/mol. The molecule has 0 aliphatic carbocycles. The fourth-order valence-corrected chi connectivity index (χ4v) is 2.16. The summed E-state index contributed by atoms with van der Waals surface area (Å²) in [5, 5.41) is 0. The van der Waals surface area contributed by atoms with Crippen LogP contribution >= 0.6 is 0 Å². The number of piperidine rings is 1. The summed E-state index contributed by atoms with van der Waals surface area (Å²) in [6, 6.07) is 0.492. The number of rotatable bonds is 4. The van der Waals surface area contributed by atoms with E-state index in [0.717, 1.165) is 19.5 Å². The summed E-state index contributed by atoms with van der Waals surface area (Å²) < 4.78 is 0. The normalized spacial score (nSPS) is 22.5. The minimum atomic E-state index is 0.323. The number of Topliss-reactive ketones (excluding diaryl/α,β-unsaturated/α-hetero) is 1. The van der Waals surface area contributed by atoms with Gasteiger partial charge in [-0.2, -0.15) is 0 Å². The highest BCUT2D eigenvalue weighted by Gasteiger charge is 2.22. The van der Waals surface area contributed by atoms with E-state index in [4.69, 9.17) is 0 Å². The van der Waals surface area contributed by atoms with Gasteiger partial charge in [-0.05, 0) is 40.2 Å². The molecule has 1 aliphatic heterocycles. The van der Waals surface area contributed by atoms with Crippen LogP contribution in [0.15, 0.2) is 11.6 Å². The van der Waals surface area contributed by atoms with Gasteiger partial charge in [0.05, 0.1) is 0 Å². The second kappa shape index (κ2) is 6.06. The lowest BCUT2D eigenvalue weighted by Gasteiger charge is -2.34. The Kier molecular flexibility index (Phi) is 5.03. The van der Waals surface area contributed by atoms with E-state index < -0.39 is 0 Å². The van der Waals surface area contributed by atoms with Gasteiger partial charge in [0.25, 0.3) is 0 Å². The lowest BCUT2D eigenvalue weighted by atomic mass is 9.98. The first kappa shape index (κ1) is 12.4. The Morgan fingerprint density at radius 3 is 2.67 bits per heavy atom. The van der Waals surface area contributed by atoms with Gasteiger partial charge in [0.2, 0.25) is 0 Å². The second-order valence-corrected chi connectivity index (χ2v) is 4.83. The zero-order valence-electron chi connectivity index (χ0n) is 10.3. The molecule has 0 bridgehead atoms. The van der Waals surface area contributed by atoms with Gasteiger partial charge in [0.15, 0.2) is 0 Å². The Morgan fingerprint density at radius 1 is 1.33 bits per heavy atom. The van der Waals surface area contributed by atoms with Crippen molar-refractivity contribution in [1.29, 1.82) is 0 Å². The molecular formula is C13H23NO. The van der Waals surface area contributed by atoms with Gasteiger partial charge in [0.1, 0.15) is 5.78 Å². The number of carbonyl (C=O) groups is 1. The molecule has 2 heteroatoms. The molecule has 1 fully saturated rings. The molecule has 0 spiro atoms. The molecule has 2 nitrogen and oxygen atoms in total. The number of nitrogens with zero attached hydrogens (tertiary/aromatic N) is 1. The van der Waals surface area contributed by atoms with Crippen LogP contribution in [0.25, 0.3) is 0 Å². The molecule has 15 heavy (non-hydrogen) atoms. The maximum absolute atomic E-state index is 11.2. The Labute approximate surface area is 93.3 Å². The molecule has 1 heterocycles. The van der Waals surface area contributed by atoms with E-state index in [0.29, 0.717) is 11.8 Å². The number of hydrogen-bond donors (Lipinski definition) is 0. The van der Waals surface area contributed by atoms with Gasteiger partial charge in [-0.15, -0.1) is 0 Å². The minimum Gasteiger partial charge on any atom is -0.300 e. The summed E-state index contributed by atoms with van der Waals surface area (Å²) in [6.45, 7) is 8.13. The molecule has 1 atom stereocenters. The molecule has 1 unspecified atom stereocenters. The molecule has 0 aromatic rings. The molecule has 1 aliphatic rings. The Bertz CT molecular complexity index is 241. The van der Waals surface area contributed by atoms with E-state index in [1.54, 1.807) is 6.92 Å². The van der Waals surface area contributed by atoms with Gasteiger partial charge >= 0.3 is 0 Å². The summed E-state index contributed by atoms with van der Waals surface area (Å²) in [5.41, 5.74) is 1.36. The monoisotopic (exact) mass is 209 g/mol. The molecule has 0 aromatic heterocycles. The van der Waals surface area contributed by atoms with Crippen LogP contribution in [0.4, 0.5) is 0 Å². The van der Waals surface area contributed by atoms with E-state index in [1.807, 2.05) is 0 Å². The van der Waals surface area contributed by atoms with Crippen LogP contribution in [0.3, 0.4) is 0 Å². The summed E-state index contributed by atoms with van der Waals surface area (Å²) in [5.74, 6) is 0.323. The summed E-state index contributed by atoms with van der Waals surface area (Å²) >= 11 is 0. The van der Waals surface area contributed by atoms with Crippen molar-refractivity contribution in [3.8, 4) is 0 Å². The smallest absolute Gasteiger partial charge is 0.131 e. The van der Waals surface area contributed by atoms with Crippen molar-refractivity contribution >= 4 is 5.78 Å². The third-order valence-electron chi connectivity index (χ3n) is 3.01. The summed E-state index contributed by atoms with van der Waals surface area (Å²) in [4.78, 5) is 13.6. The lowest BCUT2D eigenvalue weighted by Crippen LogP contribution is -2.40. The van der Waals surface area contributed by atoms with Gasteiger partial charge < -0.3 is 0 Å². The Morgan fingerprint density at radius 2 is 2.07 bits per heavy atom. The maximum Gasteiger partial charge on any atom is 0.131 e. The first-order valence-corrected chi connectivity index (χ1v) is 5.96. The highest BCUT2D eigenvalue weighted by molar-refractivity contribution is 5.76. The van der Waals surface area contributed by atoms with Crippen LogP contribution < -0.4 is 0 Å². The van der Waals surface area contributed by atoms with E-state index in [2.05, 4.69) is 24.8 Å². The number of ketones is 1. The molecule has 86 valence electrons. The van der Waals surface area contributed by atoms with Gasteiger partial charge in [-0.1, -0.05) is 18.1 Å². The van der Waals surface area contributed by atoms with E-state index in [1.165, 1.54) is 24.8 Å². The van der Waals surface area contributed by atoms with Crippen LogP contribution in [0.5, 0.6) is 0 Å². The zero-order chi connectivity index (χ0) is 11.3. The molecule has 1 rings (SSSR count). The number of hydrogen-bond acceptors (Lipinski definition) is 2. The average molecular weight is 209 g/mol. The zero-order valence-corrected chi connectivity index (χ0v) is 10.3. The molecular weight excluding hydrogens is 186 g/mol. The number of carbonyl (C=O) groups excluding carboxylic acids is 1. The summed E-state index contributed by atoms with van der Waals surface area (Å²) in [7, 11) is 0. The first-order chi connectivity index (χ1) is 7.09. The van der Waals surface area contributed by atoms with Gasteiger partial charge in [0, 0.05) is 19.0 Å². The van der Waals surface area contributed by atoms with Crippen LogP contribution in [0, 0.1) is 0 Å². The fraction of sp³-hybridized carbons (Fsp3) is 0.769. The SMILES string of the molecule is CC(=O)CC1CCCCN1CC=C(C)C. The fourth-order valence-electron chi connectivity index (χ4n) is 2.16. The molecule has 0 saturated carbocycles. The van der Waals surface area contributed by atoms with Crippen molar-refractivity contribution in [2.75, 3.05) is 13.1 Å². The number of allylic oxidation sites excluding steroid dienone is 1. The molecule has 1 saturated heterocycles. The third kappa shape index (κ3) is 4.61. The van der Waals surface area contributed by atoms with Gasteiger partial charge in [-0.25, -0.2) is 0 Å². The Hall–Kier alpha value is -0.630. The summed E-state index contributed by atoms with van der Waals surface area (Å²) in [6.07, 6.45) is 6.75. The van der Waals surface area contributed by atoms with Crippen LogP contribution in [0.2, 0.25) is 0 Å². The highest BCUT2D eigenvalue weighted by atomic mass is 16.1. The largest absolute Gasteiger partial charge is 0.300 e. The quantitative estimate of drug-likeness (QED) is 0.664. The molecule has 0 aromatic carbocycles. The molecule has 0 radical (unpaired) electrons. The van der Waals surface area contributed by atoms with Crippen molar-refractivity contribution in [2.45, 2.75) is 52.5 Å². The first-order valence-electron chi connectivity index (χ1n) is 5.96. The van der Waals surface area contributed by atoms with Crippen LogP contribution in [0.1, 0.15) is 46.5 Å². The van der Waals surface area contributed by atoms with Crippen molar-refractivity contribution in [3.05, 3.63) is 11.6 Å². The number of likely N-dealkylation sites (tertiary alicyclic amines) is 1. The second-order valence-electron chi connectivity index (χ2n) is 4.83.